The Hall–Kier alpha value is -1.97. The topological polar surface area (TPSA) is 45.7 Å². The molecule has 0 bridgehead atoms. The lowest BCUT2D eigenvalue weighted by Crippen LogP contribution is -2.38. The van der Waals surface area contributed by atoms with Gasteiger partial charge < -0.3 is 9.64 Å². The van der Waals surface area contributed by atoms with Gasteiger partial charge in [0.1, 0.15) is 0 Å². The largest absolute Gasteiger partial charge is 0.416 e. The molecule has 30 heavy (non-hydrogen) atoms. The number of nitrogens with zero attached hydrogens (tertiary/aromatic N) is 3. The van der Waals surface area contributed by atoms with Crippen molar-refractivity contribution in [3.05, 3.63) is 46.5 Å². The standard InChI is InChI=1S/C21H24F3N3O2S/c22-21(23,24)17-5-1-3-15(11-17)19(28)16-4-2-6-26(13-16)14-18-12-25-20(30-18)27-7-9-29-10-8-27/h1,3,5,11-12,16H,2,4,6-10,13-14H2. The summed E-state index contributed by atoms with van der Waals surface area (Å²) < 4.78 is 44.3. The fourth-order valence-electron chi connectivity index (χ4n) is 3.99. The van der Waals surface area contributed by atoms with E-state index in [1.807, 2.05) is 6.20 Å². The molecule has 1 aromatic heterocycles. The average molecular weight is 440 g/mol. The minimum atomic E-state index is -4.45. The Balaban J connectivity index is 1.39. The van der Waals surface area contributed by atoms with Crippen LogP contribution >= 0.6 is 11.3 Å². The van der Waals surface area contributed by atoms with Crippen LogP contribution < -0.4 is 4.90 Å². The zero-order valence-electron chi connectivity index (χ0n) is 16.5. The van der Waals surface area contributed by atoms with Gasteiger partial charge in [0.15, 0.2) is 10.9 Å². The SMILES string of the molecule is O=C(c1cccc(C(F)(F)F)c1)C1CCCN(Cc2cnc(N3CCOCC3)s2)C1. The fourth-order valence-corrected chi connectivity index (χ4v) is 4.99. The third-order valence-corrected chi connectivity index (χ3v) is 6.60. The molecule has 0 aliphatic carbocycles. The van der Waals surface area contributed by atoms with Crippen molar-refractivity contribution in [2.24, 2.45) is 5.92 Å². The molecule has 1 atom stereocenters. The first-order valence-corrected chi connectivity index (χ1v) is 10.9. The Labute approximate surface area is 177 Å². The Kier molecular flexibility index (Phi) is 6.40. The third-order valence-electron chi connectivity index (χ3n) is 5.55. The number of morpholine rings is 1. The van der Waals surface area contributed by atoms with E-state index in [1.165, 1.54) is 12.1 Å². The Morgan fingerprint density at radius 1 is 1.23 bits per heavy atom. The van der Waals surface area contributed by atoms with E-state index in [0.717, 1.165) is 48.2 Å². The van der Waals surface area contributed by atoms with Gasteiger partial charge in [-0.25, -0.2) is 4.98 Å². The first-order chi connectivity index (χ1) is 14.4. The molecule has 1 unspecified atom stereocenters. The van der Waals surface area contributed by atoms with Crippen molar-refractivity contribution in [2.75, 3.05) is 44.3 Å². The molecule has 5 nitrogen and oxygen atoms in total. The number of hydrogen-bond donors (Lipinski definition) is 0. The van der Waals surface area contributed by atoms with Crippen LogP contribution in [0.1, 0.15) is 33.6 Å². The highest BCUT2D eigenvalue weighted by atomic mass is 32.1. The Bertz CT molecular complexity index is 880. The minimum absolute atomic E-state index is 0.143. The number of alkyl halides is 3. The normalized spacial score (nSPS) is 21.0. The second-order valence-electron chi connectivity index (χ2n) is 7.73. The molecule has 0 saturated carbocycles. The summed E-state index contributed by atoms with van der Waals surface area (Å²) in [6.07, 6.45) is -1.01. The van der Waals surface area contributed by atoms with Crippen molar-refractivity contribution >= 4 is 22.3 Å². The molecule has 2 aliphatic rings. The Morgan fingerprint density at radius 3 is 2.80 bits per heavy atom. The molecule has 0 spiro atoms. The molecular formula is C21H24F3N3O2S. The zero-order chi connectivity index (χ0) is 21.1. The molecule has 3 heterocycles. The van der Waals surface area contributed by atoms with Crippen LogP contribution in [0.2, 0.25) is 0 Å². The molecule has 0 radical (unpaired) electrons. The van der Waals surface area contributed by atoms with Crippen LogP contribution in [0.3, 0.4) is 0 Å². The maximum atomic E-state index is 13.0. The molecule has 4 rings (SSSR count). The molecule has 2 aromatic rings. The fraction of sp³-hybridized carbons (Fsp3) is 0.524. The summed E-state index contributed by atoms with van der Waals surface area (Å²) in [5.41, 5.74) is -0.634. The monoisotopic (exact) mass is 439 g/mol. The number of ether oxygens (including phenoxy) is 1. The number of benzene rings is 1. The number of thiazole rings is 1. The smallest absolute Gasteiger partial charge is 0.378 e. The first kappa shape index (κ1) is 21.3. The van der Waals surface area contributed by atoms with E-state index >= 15 is 0 Å². The summed E-state index contributed by atoms with van der Waals surface area (Å²) in [7, 11) is 0. The molecule has 9 heteroatoms. The van der Waals surface area contributed by atoms with Crippen molar-refractivity contribution in [1.29, 1.82) is 0 Å². The molecule has 1 aromatic carbocycles. The minimum Gasteiger partial charge on any atom is -0.378 e. The number of likely N-dealkylation sites (tertiary alicyclic amines) is 1. The van der Waals surface area contributed by atoms with E-state index in [-0.39, 0.29) is 17.3 Å². The predicted octanol–water partition coefficient (Wildman–Crippen LogP) is 4.09. The lowest BCUT2D eigenvalue weighted by atomic mass is 9.89. The maximum absolute atomic E-state index is 13.0. The van der Waals surface area contributed by atoms with Crippen LogP contribution in [0.4, 0.5) is 18.3 Å². The molecular weight excluding hydrogens is 415 g/mol. The van der Waals surface area contributed by atoms with Gasteiger partial charge in [-0.05, 0) is 31.5 Å². The lowest BCUT2D eigenvalue weighted by molar-refractivity contribution is -0.137. The number of rotatable bonds is 5. The van der Waals surface area contributed by atoms with Crippen LogP contribution in [0, 0.1) is 5.92 Å². The van der Waals surface area contributed by atoms with Gasteiger partial charge in [-0.2, -0.15) is 13.2 Å². The summed E-state index contributed by atoms with van der Waals surface area (Å²) in [5.74, 6) is -0.488. The van der Waals surface area contributed by atoms with Gasteiger partial charge >= 0.3 is 6.18 Å². The van der Waals surface area contributed by atoms with Gasteiger partial charge in [0.25, 0.3) is 0 Å². The van der Waals surface area contributed by atoms with Crippen LogP contribution in [0.15, 0.2) is 30.5 Å². The van der Waals surface area contributed by atoms with E-state index < -0.39 is 11.7 Å². The van der Waals surface area contributed by atoms with Gasteiger partial charge in [-0.3, -0.25) is 9.69 Å². The van der Waals surface area contributed by atoms with E-state index in [9.17, 15) is 18.0 Å². The summed E-state index contributed by atoms with van der Waals surface area (Å²) in [6.45, 7) is 5.22. The van der Waals surface area contributed by atoms with E-state index in [1.54, 1.807) is 11.3 Å². The highest BCUT2D eigenvalue weighted by Crippen LogP contribution is 2.31. The first-order valence-electron chi connectivity index (χ1n) is 10.1. The number of Topliss-reactive ketones (excluding diaryl/α,β-unsaturated/α-hetero) is 1. The Morgan fingerprint density at radius 2 is 2.03 bits per heavy atom. The van der Waals surface area contributed by atoms with Gasteiger partial charge in [0.2, 0.25) is 0 Å². The summed E-state index contributed by atoms with van der Waals surface area (Å²) in [6, 6.07) is 4.76. The van der Waals surface area contributed by atoms with Crippen LogP contribution in [0.5, 0.6) is 0 Å². The van der Waals surface area contributed by atoms with E-state index in [4.69, 9.17) is 4.74 Å². The lowest BCUT2D eigenvalue weighted by Gasteiger charge is -2.31. The number of halogens is 3. The number of ketones is 1. The van der Waals surface area contributed by atoms with E-state index in [2.05, 4.69) is 14.8 Å². The quantitative estimate of drug-likeness (QED) is 0.657. The van der Waals surface area contributed by atoms with Gasteiger partial charge in [-0.1, -0.05) is 12.1 Å². The van der Waals surface area contributed by atoms with Crippen molar-refractivity contribution < 1.29 is 22.7 Å². The third kappa shape index (κ3) is 5.01. The highest BCUT2D eigenvalue weighted by molar-refractivity contribution is 7.15. The second-order valence-corrected chi connectivity index (χ2v) is 8.82. The number of hydrogen-bond acceptors (Lipinski definition) is 6. The number of carbonyl (C=O) groups excluding carboxylic acids is 1. The molecule has 162 valence electrons. The molecule has 2 saturated heterocycles. The number of piperidine rings is 1. The van der Waals surface area contributed by atoms with Crippen LogP contribution in [0.25, 0.3) is 0 Å². The second kappa shape index (κ2) is 9.03. The highest BCUT2D eigenvalue weighted by Gasteiger charge is 2.32. The number of anilines is 1. The van der Waals surface area contributed by atoms with Crippen molar-refractivity contribution in [3.63, 3.8) is 0 Å². The molecule has 2 fully saturated rings. The molecule has 2 aliphatic heterocycles. The summed E-state index contributed by atoms with van der Waals surface area (Å²) in [4.78, 5) is 22.9. The van der Waals surface area contributed by atoms with Crippen molar-refractivity contribution in [2.45, 2.75) is 25.6 Å². The van der Waals surface area contributed by atoms with Crippen molar-refractivity contribution in [1.82, 2.24) is 9.88 Å². The summed E-state index contributed by atoms with van der Waals surface area (Å²) in [5, 5.41) is 0.988. The zero-order valence-corrected chi connectivity index (χ0v) is 17.3. The van der Waals surface area contributed by atoms with Crippen molar-refractivity contribution in [3.8, 4) is 0 Å². The predicted molar refractivity (Wildman–Crippen MR) is 109 cm³/mol. The number of aromatic nitrogens is 1. The molecule has 0 amide bonds. The molecule has 0 N–H and O–H groups in total. The maximum Gasteiger partial charge on any atom is 0.416 e. The van der Waals surface area contributed by atoms with Gasteiger partial charge in [0.05, 0.1) is 18.8 Å². The summed E-state index contributed by atoms with van der Waals surface area (Å²) >= 11 is 1.65. The van der Waals surface area contributed by atoms with Gasteiger partial charge in [-0.15, -0.1) is 11.3 Å². The van der Waals surface area contributed by atoms with E-state index in [0.29, 0.717) is 32.7 Å². The van der Waals surface area contributed by atoms with Gasteiger partial charge in [0, 0.05) is 48.7 Å². The van der Waals surface area contributed by atoms with Crippen LogP contribution in [-0.4, -0.2) is 55.1 Å². The van der Waals surface area contributed by atoms with Crippen LogP contribution in [-0.2, 0) is 17.5 Å². The number of carbonyl (C=O) groups is 1. The average Bonchev–Trinajstić information content (AvgIpc) is 3.22.